The zero-order valence-electron chi connectivity index (χ0n) is 13.3. The standard InChI is InChI=1S/C16H19ClN6O/c17-12-3-4-15(23-11-18-19-20-23)14(9-12)16(24)22-8-5-13(10-22)21-6-1-2-7-21/h3-4,9,11,13H,1-2,5-8,10H2. The quantitative estimate of drug-likeness (QED) is 0.845. The molecular formula is C16H19ClN6O. The van der Waals surface area contributed by atoms with Gasteiger partial charge < -0.3 is 4.90 Å². The van der Waals surface area contributed by atoms with Crippen LogP contribution < -0.4 is 0 Å². The molecule has 24 heavy (non-hydrogen) atoms. The highest BCUT2D eigenvalue weighted by Crippen LogP contribution is 2.25. The summed E-state index contributed by atoms with van der Waals surface area (Å²) in [6.45, 7) is 3.86. The number of carbonyl (C=O) groups excluding carboxylic acids is 1. The Morgan fingerprint density at radius 1 is 1.21 bits per heavy atom. The van der Waals surface area contributed by atoms with Crippen LogP contribution in [0.15, 0.2) is 24.5 Å². The number of aromatic nitrogens is 4. The minimum absolute atomic E-state index is 0.00954. The lowest BCUT2D eigenvalue weighted by molar-refractivity contribution is 0.0780. The number of hydrogen-bond acceptors (Lipinski definition) is 5. The highest BCUT2D eigenvalue weighted by atomic mass is 35.5. The van der Waals surface area contributed by atoms with Crippen LogP contribution in [0.1, 0.15) is 29.6 Å². The molecule has 0 aliphatic carbocycles. The van der Waals surface area contributed by atoms with Crippen molar-refractivity contribution in [3.63, 3.8) is 0 Å². The Hall–Kier alpha value is -1.99. The molecule has 4 rings (SSSR count). The average Bonchev–Trinajstić information content (AvgIpc) is 3.34. The van der Waals surface area contributed by atoms with Crippen LogP contribution in [0.3, 0.4) is 0 Å². The molecule has 0 radical (unpaired) electrons. The van der Waals surface area contributed by atoms with Gasteiger partial charge in [0, 0.05) is 24.2 Å². The topological polar surface area (TPSA) is 67.2 Å². The first-order valence-corrected chi connectivity index (χ1v) is 8.66. The molecule has 1 unspecified atom stereocenters. The van der Waals surface area contributed by atoms with Gasteiger partial charge in [-0.3, -0.25) is 9.69 Å². The number of carbonyl (C=O) groups is 1. The molecule has 2 aromatic rings. The molecule has 2 saturated heterocycles. The molecule has 1 aromatic heterocycles. The summed E-state index contributed by atoms with van der Waals surface area (Å²) in [6, 6.07) is 5.70. The van der Waals surface area contributed by atoms with Crippen molar-refractivity contribution >= 4 is 17.5 Å². The Balaban J connectivity index is 1.57. The van der Waals surface area contributed by atoms with Gasteiger partial charge in [-0.1, -0.05) is 11.6 Å². The van der Waals surface area contributed by atoms with Crippen molar-refractivity contribution < 1.29 is 4.79 Å². The summed E-state index contributed by atoms with van der Waals surface area (Å²) in [5.74, 6) is -0.00954. The third-order valence-electron chi connectivity index (χ3n) is 4.89. The number of nitrogens with zero attached hydrogens (tertiary/aromatic N) is 6. The fraction of sp³-hybridized carbons (Fsp3) is 0.500. The highest BCUT2D eigenvalue weighted by molar-refractivity contribution is 6.31. The van der Waals surface area contributed by atoms with E-state index in [9.17, 15) is 4.79 Å². The zero-order valence-corrected chi connectivity index (χ0v) is 14.1. The molecule has 8 heteroatoms. The maximum Gasteiger partial charge on any atom is 0.256 e. The first kappa shape index (κ1) is 15.5. The van der Waals surface area contributed by atoms with Crippen LogP contribution in [0.2, 0.25) is 5.02 Å². The number of amides is 1. The Kier molecular flexibility index (Phi) is 4.20. The SMILES string of the molecule is O=C(c1cc(Cl)ccc1-n1cnnn1)N1CCC(N2CCCC2)C1. The van der Waals surface area contributed by atoms with Crippen molar-refractivity contribution in [1.82, 2.24) is 30.0 Å². The molecule has 1 atom stereocenters. The Morgan fingerprint density at radius 2 is 2.04 bits per heavy atom. The van der Waals surface area contributed by atoms with Gasteiger partial charge in [0.15, 0.2) is 0 Å². The number of likely N-dealkylation sites (tertiary alicyclic amines) is 2. The van der Waals surface area contributed by atoms with Crippen molar-refractivity contribution in [3.8, 4) is 5.69 Å². The van der Waals surface area contributed by atoms with Crippen LogP contribution >= 0.6 is 11.6 Å². The molecule has 0 bridgehead atoms. The van der Waals surface area contributed by atoms with E-state index in [4.69, 9.17) is 11.6 Å². The molecule has 1 aromatic carbocycles. The van der Waals surface area contributed by atoms with Crippen LogP contribution in [0.5, 0.6) is 0 Å². The van der Waals surface area contributed by atoms with E-state index in [-0.39, 0.29) is 5.91 Å². The summed E-state index contributed by atoms with van der Waals surface area (Å²) in [4.78, 5) is 17.5. The van der Waals surface area contributed by atoms with Crippen molar-refractivity contribution in [2.24, 2.45) is 0 Å². The summed E-state index contributed by atoms with van der Waals surface area (Å²) < 4.78 is 1.50. The maximum atomic E-state index is 13.0. The third kappa shape index (κ3) is 2.89. The minimum atomic E-state index is -0.00954. The molecule has 0 saturated carbocycles. The van der Waals surface area contributed by atoms with Gasteiger partial charge in [0.05, 0.1) is 11.3 Å². The normalized spacial score (nSPS) is 21.5. The van der Waals surface area contributed by atoms with Crippen LogP contribution in [-0.4, -0.2) is 68.1 Å². The second-order valence-electron chi connectivity index (χ2n) is 6.35. The fourth-order valence-corrected chi connectivity index (χ4v) is 3.82. The molecule has 2 fully saturated rings. The fourth-order valence-electron chi connectivity index (χ4n) is 3.65. The molecule has 126 valence electrons. The molecule has 2 aliphatic heterocycles. The number of halogens is 1. The van der Waals surface area contributed by atoms with E-state index >= 15 is 0 Å². The largest absolute Gasteiger partial charge is 0.337 e. The number of hydrogen-bond donors (Lipinski definition) is 0. The van der Waals surface area contributed by atoms with E-state index < -0.39 is 0 Å². The summed E-state index contributed by atoms with van der Waals surface area (Å²) >= 11 is 6.12. The second kappa shape index (κ2) is 6.49. The minimum Gasteiger partial charge on any atom is -0.337 e. The predicted molar refractivity (Wildman–Crippen MR) is 89.3 cm³/mol. The van der Waals surface area contributed by atoms with Gasteiger partial charge in [-0.2, -0.15) is 4.68 Å². The number of tetrazole rings is 1. The van der Waals surface area contributed by atoms with E-state index in [1.165, 1.54) is 23.9 Å². The van der Waals surface area contributed by atoms with Crippen LogP contribution in [-0.2, 0) is 0 Å². The van der Waals surface area contributed by atoms with Crippen molar-refractivity contribution in [2.75, 3.05) is 26.2 Å². The molecule has 1 amide bonds. The van der Waals surface area contributed by atoms with Gasteiger partial charge in [0.25, 0.3) is 5.91 Å². The first-order valence-electron chi connectivity index (χ1n) is 8.28. The summed E-state index contributed by atoms with van der Waals surface area (Å²) in [7, 11) is 0. The van der Waals surface area contributed by atoms with E-state index in [1.54, 1.807) is 18.2 Å². The van der Waals surface area contributed by atoms with Gasteiger partial charge in [-0.05, 0) is 61.0 Å². The highest BCUT2D eigenvalue weighted by Gasteiger charge is 2.32. The molecule has 2 aliphatic rings. The van der Waals surface area contributed by atoms with Gasteiger partial charge >= 0.3 is 0 Å². The maximum absolute atomic E-state index is 13.0. The van der Waals surface area contributed by atoms with Gasteiger partial charge in [-0.25, -0.2) is 0 Å². The van der Waals surface area contributed by atoms with Gasteiger partial charge in [0.1, 0.15) is 6.33 Å². The summed E-state index contributed by atoms with van der Waals surface area (Å²) in [5, 5.41) is 11.7. The molecular weight excluding hydrogens is 328 g/mol. The van der Waals surface area contributed by atoms with Gasteiger partial charge in [0.2, 0.25) is 0 Å². The lowest BCUT2D eigenvalue weighted by Gasteiger charge is -2.24. The smallest absolute Gasteiger partial charge is 0.256 e. The van der Waals surface area contributed by atoms with Crippen molar-refractivity contribution in [3.05, 3.63) is 35.1 Å². The first-order chi connectivity index (χ1) is 11.7. The average molecular weight is 347 g/mol. The third-order valence-corrected chi connectivity index (χ3v) is 5.13. The molecule has 3 heterocycles. The lowest BCUT2D eigenvalue weighted by atomic mass is 10.1. The van der Waals surface area contributed by atoms with Crippen LogP contribution in [0.4, 0.5) is 0 Å². The van der Waals surface area contributed by atoms with E-state index in [1.807, 2.05) is 4.90 Å². The summed E-state index contributed by atoms with van der Waals surface area (Å²) in [6.07, 6.45) is 5.05. The van der Waals surface area contributed by atoms with Crippen LogP contribution in [0.25, 0.3) is 5.69 Å². The van der Waals surface area contributed by atoms with E-state index in [0.29, 0.717) is 22.3 Å². The molecule has 7 nitrogen and oxygen atoms in total. The number of rotatable bonds is 3. The Labute approximate surface area is 145 Å². The monoisotopic (exact) mass is 346 g/mol. The van der Waals surface area contributed by atoms with E-state index in [0.717, 1.165) is 32.6 Å². The Morgan fingerprint density at radius 3 is 2.79 bits per heavy atom. The zero-order chi connectivity index (χ0) is 16.5. The number of benzene rings is 1. The second-order valence-corrected chi connectivity index (χ2v) is 6.79. The lowest BCUT2D eigenvalue weighted by Crippen LogP contribution is -2.37. The van der Waals surface area contributed by atoms with Gasteiger partial charge in [-0.15, -0.1) is 5.10 Å². The predicted octanol–water partition coefficient (Wildman–Crippen LogP) is 1.63. The molecule has 0 N–H and O–H groups in total. The van der Waals surface area contributed by atoms with Crippen molar-refractivity contribution in [1.29, 1.82) is 0 Å². The van der Waals surface area contributed by atoms with Crippen LogP contribution in [0, 0.1) is 0 Å². The Bertz CT molecular complexity index is 728. The van der Waals surface area contributed by atoms with E-state index in [2.05, 4.69) is 20.4 Å². The summed E-state index contributed by atoms with van der Waals surface area (Å²) in [5.41, 5.74) is 1.19. The van der Waals surface area contributed by atoms with Crippen molar-refractivity contribution in [2.45, 2.75) is 25.3 Å². The molecule has 0 spiro atoms.